The zero-order valence-electron chi connectivity index (χ0n) is 16.6. The summed E-state index contributed by atoms with van der Waals surface area (Å²) in [6, 6.07) is 9.48. The molecule has 152 valence electrons. The Morgan fingerprint density at radius 1 is 1.28 bits per heavy atom. The number of hydrogen-bond donors (Lipinski definition) is 1. The fourth-order valence-electron chi connectivity index (χ4n) is 3.81. The fraction of sp³-hybridized carbons (Fsp3) is 0.381. The third kappa shape index (κ3) is 4.21. The number of halogens is 1. The van der Waals surface area contributed by atoms with Crippen LogP contribution in [0.1, 0.15) is 30.1 Å². The van der Waals surface area contributed by atoms with Crippen LogP contribution in [0.25, 0.3) is 5.65 Å². The van der Waals surface area contributed by atoms with Crippen LogP contribution >= 0.6 is 11.6 Å². The Bertz CT molecular complexity index is 1030. The maximum atomic E-state index is 12.6. The standard InChI is InChI=1S/C21H24ClN5O2/c1-14-11-17(18(29-2)12-16(14)22)23-20(28)13-26-9-6-15(7-10-26)21-25-24-19-5-3-4-8-27(19)21/h3-5,8,11-12,15H,6-7,9-10,13H2,1-2H3,(H,23,28). The third-order valence-electron chi connectivity index (χ3n) is 5.41. The summed E-state index contributed by atoms with van der Waals surface area (Å²) < 4.78 is 7.39. The maximum Gasteiger partial charge on any atom is 0.238 e. The van der Waals surface area contributed by atoms with Crippen molar-refractivity contribution >= 4 is 28.8 Å². The Morgan fingerprint density at radius 2 is 2.07 bits per heavy atom. The molecule has 0 saturated carbocycles. The van der Waals surface area contributed by atoms with Gasteiger partial charge in [0.1, 0.15) is 11.6 Å². The number of aryl methyl sites for hydroxylation is 1. The van der Waals surface area contributed by atoms with Crippen molar-refractivity contribution in [1.29, 1.82) is 0 Å². The molecular formula is C21H24ClN5O2. The molecule has 0 unspecified atom stereocenters. The lowest BCUT2D eigenvalue weighted by atomic mass is 9.96. The third-order valence-corrected chi connectivity index (χ3v) is 5.82. The van der Waals surface area contributed by atoms with Crippen LogP contribution in [0.3, 0.4) is 0 Å². The first-order valence-electron chi connectivity index (χ1n) is 9.71. The van der Waals surface area contributed by atoms with Gasteiger partial charge in [-0.25, -0.2) is 0 Å². The van der Waals surface area contributed by atoms with Crippen molar-refractivity contribution in [2.75, 3.05) is 32.1 Å². The molecule has 0 aliphatic carbocycles. The van der Waals surface area contributed by atoms with Crippen LogP contribution in [0.4, 0.5) is 5.69 Å². The molecule has 1 amide bonds. The molecule has 1 saturated heterocycles. The number of nitrogens with one attached hydrogen (secondary N) is 1. The summed E-state index contributed by atoms with van der Waals surface area (Å²) in [4.78, 5) is 14.7. The topological polar surface area (TPSA) is 71.8 Å². The van der Waals surface area contributed by atoms with E-state index in [-0.39, 0.29) is 5.91 Å². The zero-order valence-corrected chi connectivity index (χ0v) is 17.3. The van der Waals surface area contributed by atoms with Gasteiger partial charge in [-0.05, 0) is 56.6 Å². The number of anilines is 1. The molecule has 0 bridgehead atoms. The number of rotatable bonds is 5. The summed E-state index contributed by atoms with van der Waals surface area (Å²) in [5.41, 5.74) is 2.41. The van der Waals surface area contributed by atoms with E-state index in [1.54, 1.807) is 13.2 Å². The van der Waals surface area contributed by atoms with Gasteiger partial charge in [-0.3, -0.25) is 14.1 Å². The minimum absolute atomic E-state index is 0.0589. The number of hydrogen-bond acceptors (Lipinski definition) is 5. The van der Waals surface area contributed by atoms with E-state index in [1.165, 1.54) is 0 Å². The fourth-order valence-corrected chi connectivity index (χ4v) is 3.96. The number of nitrogens with zero attached hydrogens (tertiary/aromatic N) is 4. The smallest absolute Gasteiger partial charge is 0.238 e. The monoisotopic (exact) mass is 413 g/mol. The van der Waals surface area contributed by atoms with Crippen LogP contribution in [-0.2, 0) is 4.79 Å². The molecule has 3 heterocycles. The molecule has 1 N–H and O–H groups in total. The predicted molar refractivity (Wildman–Crippen MR) is 113 cm³/mol. The lowest BCUT2D eigenvalue weighted by Gasteiger charge is -2.30. The van der Waals surface area contributed by atoms with Crippen molar-refractivity contribution in [3.63, 3.8) is 0 Å². The van der Waals surface area contributed by atoms with E-state index in [9.17, 15) is 4.79 Å². The first-order valence-corrected chi connectivity index (χ1v) is 10.1. The number of likely N-dealkylation sites (tertiary alicyclic amines) is 1. The van der Waals surface area contributed by atoms with Gasteiger partial charge in [-0.2, -0.15) is 0 Å². The number of methoxy groups -OCH3 is 1. The average molecular weight is 414 g/mol. The minimum atomic E-state index is -0.0589. The van der Waals surface area contributed by atoms with Crippen LogP contribution in [-0.4, -0.2) is 52.1 Å². The molecule has 7 nitrogen and oxygen atoms in total. The van der Waals surface area contributed by atoms with E-state index >= 15 is 0 Å². The summed E-state index contributed by atoms with van der Waals surface area (Å²) in [5.74, 6) is 1.86. The number of amides is 1. The summed E-state index contributed by atoms with van der Waals surface area (Å²) in [6.07, 6.45) is 3.91. The lowest BCUT2D eigenvalue weighted by Crippen LogP contribution is -2.39. The van der Waals surface area contributed by atoms with Gasteiger partial charge in [-0.15, -0.1) is 10.2 Å². The highest BCUT2D eigenvalue weighted by Gasteiger charge is 2.25. The predicted octanol–water partition coefficient (Wildman–Crippen LogP) is 3.52. The van der Waals surface area contributed by atoms with Crippen molar-refractivity contribution in [2.45, 2.75) is 25.7 Å². The van der Waals surface area contributed by atoms with Crippen LogP contribution in [0.2, 0.25) is 5.02 Å². The quantitative estimate of drug-likeness (QED) is 0.692. The number of pyridine rings is 1. The van der Waals surface area contributed by atoms with Gasteiger partial charge in [0.25, 0.3) is 0 Å². The second kappa shape index (κ2) is 8.39. The molecule has 1 aromatic carbocycles. The van der Waals surface area contributed by atoms with Gasteiger partial charge in [-0.1, -0.05) is 17.7 Å². The normalized spacial score (nSPS) is 15.6. The first kappa shape index (κ1) is 19.7. The number of fused-ring (bicyclic) bond motifs is 1. The largest absolute Gasteiger partial charge is 0.495 e. The molecule has 8 heteroatoms. The Labute approximate surface area is 174 Å². The molecule has 2 aromatic heterocycles. The van der Waals surface area contributed by atoms with E-state index in [4.69, 9.17) is 16.3 Å². The summed E-state index contributed by atoms with van der Waals surface area (Å²) in [6.45, 7) is 3.93. The number of carbonyl (C=O) groups excluding carboxylic acids is 1. The highest BCUT2D eigenvalue weighted by molar-refractivity contribution is 6.31. The second-order valence-corrected chi connectivity index (χ2v) is 7.79. The molecule has 1 aliphatic rings. The molecule has 1 aliphatic heterocycles. The van der Waals surface area contributed by atoms with Gasteiger partial charge >= 0.3 is 0 Å². The van der Waals surface area contributed by atoms with Gasteiger partial charge in [0.05, 0.1) is 19.3 Å². The minimum Gasteiger partial charge on any atom is -0.495 e. The van der Waals surface area contributed by atoms with Gasteiger partial charge < -0.3 is 10.1 Å². The molecule has 0 spiro atoms. The van der Waals surface area contributed by atoms with Crippen LogP contribution in [0.15, 0.2) is 36.5 Å². The molecule has 0 atom stereocenters. The summed E-state index contributed by atoms with van der Waals surface area (Å²) >= 11 is 6.14. The molecule has 4 rings (SSSR count). The number of piperidine rings is 1. The SMILES string of the molecule is COc1cc(Cl)c(C)cc1NC(=O)CN1CCC(c2nnc3ccccn23)CC1. The highest BCUT2D eigenvalue weighted by atomic mass is 35.5. The van der Waals surface area contributed by atoms with E-state index in [0.717, 1.165) is 43.0 Å². The average Bonchev–Trinajstić information content (AvgIpc) is 3.15. The number of benzene rings is 1. The Morgan fingerprint density at radius 3 is 2.83 bits per heavy atom. The van der Waals surface area contributed by atoms with Gasteiger partial charge in [0.15, 0.2) is 5.65 Å². The Kier molecular flexibility index (Phi) is 5.69. The molecule has 3 aromatic rings. The van der Waals surface area contributed by atoms with Crippen LogP contribution in [0.5, 0.6) is 5.75 Å². The summed E-state index contributed by atoms with van der Waals surface area (Å²) in [5, 5.41) is 12.2. The second-order valence-electron chi connectivity index (χ2n) is 7.39. The van der Waals surface area contributed by atoms with Crippen molar-refractivity contribution < 1.29 is 9.53 Å². The highest BCUT2D eigenvalue weighted by Crippen LogP contribution is 2.31. The van der Waals surface area contributed by atoms with Crippen molar-refractivity contribution in [3.05, 3.63) is 52.9 Å². The van der Waals surface area contributed by atoms with Crippen molar-refractivity contribution in [3.8, 4) is 5.75 Å². The maximum absolute atomic E-state index is 12.6. The number of ether oxygens (including phenoxy) is 1. The molecule has 1 fully saturated rings. The molecule has 0 radical (unpaired) electrons. The van der Waals surface area contributed by atoms with E-state index in [0.29, 0.717) is 28.9 Å². The van der Waals surface area contributed by atoms with Crippen LogP contribution in [0, 0.1) is 6.92 Å². The van der Waals surface area contributed by atoms with E-state index in [2.05, 4.69) is 24.8 Å². The summed E-state index contributed by atoms with van der Waals surface area (Å²) in [7, 11) is 1.57. The van der Waals surface area contributed by atoms with E-state index in [1.807, 2.05) is 37.4 Å². The van der Waals surface area contributed by atoms with Crippen LogP contribution < -0.4 is 10.1 Å². The number of aromatic nitrogens is 3. The number of carbonyl (C=O) groups is 1. The molecule has 29 heavy (non-hydrogen) atoms. The zero-order chi connectivity index (χ0) is 20.4. The first-order chi connectivity index (χ1) is 14.0. The van der Waals surface area contributed by atoms with E-state index < -0.39 is 0 Å². The Balaban J connectivity index is 1.35. The van der Waals surface area contributed by atoms with Gasteiger partial charge in [0.2, 0.25) is 5.91 Å². The lowest BCUT2D eigenvalue weighted by molar-refractivity contribution is -0.117. The van der Waals surface area contributed by atoms with Gasteiger partial charge in [0, 0.05) is 23.2 Å². The van der Waals surface area contributed by atoms with Crippen molar-refractivity contribution in [1.82, 2.24) is 19.5 Å². The van der Waals surface area contributed by atoms with Crippen molar-refractivity contribution in [2.24, 2.45) is 0 Å². The molecular weight excluding hydrogens is 390 g/mol. The Hall–Kier alpha value is -2.64.